The Morgan fingerprint density at radius 1 is 1.30 bits per heavy atom. The predicted octanol–water partition coefficient (Wildman–Crippen LogP) is 3.55. The molecule has 0 saturated carbocycles. The zero-order chi connectivity index (χ0) is 19.8. The van der Waals surface area contributed by atoms with Gasteiger partial charge in [-0.2, -0.15) is 0 Å². The Morgan fingerprint density at radius 2 is 1.96 bits per heavy atom. The number of anilines is 1. The van der Waals surface area contributed by atoms with E-state index >= 15 is 0 Å². The maximum atomic E-state index is 13.2. The molecule has 2 aromatic rings. The molecule has 8 heteroatoms. The lowest BCUT2D eigenvalue weighted by Gasteiger charge is -2.26. The van der Waals surface area contributed by atoms with Gasteiger partial charge in [-0.1, -0.05) is 28.1 Å². The summed E-state index contributed by atoms with van der Waals surface area (Å²) < 4.78 is 40.2. The summed E-state index contributed by atoms with van der Waals surface area (Å²) in [4.78, 5) is 14.8. The molecule has 0 unspecified atom stereocenters. The number of benzene rings is 2. The van der Waals surface area contributed by atoms with E-state index in [9.17, 15) is 17.6 Å². The van der Waals surface area contributed by atoms with Crippen molar-refractivity contribution in [2.75, 3.05) is 11.2 Å². The summed E-state index contributed by atoms with van der Waals surface area (Å²) in [5.74, 6) is -0.607. The second kappa shape index (κ2) is 7.69. The van der Waals surface area contributed by atoms with Gasteiger partial charge in [0.25, 0.3) is 0 Å². The van der Waals surface area contributed by atoms with Gasteiger partial charge in [0.2, 0.25) is 15.9 Å². The Balaban J connectivity index is 1.87. The predicted molar refractivity (Wildman–Crippen MR) is 107 cm³/mol. The summed E-state index contributed by atoms with van der Waals surface area (Å²) in [7, 11) is -3.55. The Hall–Kier alpha value is -1.77. The number of fused-ring (bicyclic) bond motifs is 1. The molecule has 0 bridgehead atoms. The van der Waals surface area contributed by atoms with Crippen molar-refractivity contribution in [1.82, 2.24) is 4.72 Å². The number of nitrogens with zero attached hydrogens (tertiary/aromatic N) is 1. The van der Waals surface area contributed by atoms with Gasteiger partial charge in [-0.15, -0.1) is 0 Å². The van der Waals surface area contributed by atoms with Crippen molar-refractivity contribution >= 4 is 37.5 Å². The van der Waals surface area contributed by atoms with Gasteiger partial charge >= 0.3 is 0 Å². The van der Waals surface area contributed by atoms with E-state index in [-0.39, 0.29) is 18.4 Å². The average molecular weight is 455 g/mol. The maximum absolute atomic E-state index is 13.2. The van der Waals surface area contributed by atoms with Crippen molar-refractivity contribution in [2.45, 2.75) is 31.8 Å². The molecule has 0 radical (unpaired) electrons. The van der Waals surface area contributed by atoms with Crippen LogP contribution in [0.5, 0.6) is 0 Å². The minimum Gasteiger partial charge on any atom is -0.309 e. The number of amides is 1. The van der Waals surface area contributed by atoms with Crippen molar-refractivity contribution in [3.05, 3.63) is 63.9 Å². The number of hydrogen-bond donors (Lipinski definition) is 1. The van der Waals surface area contributed by atoms with Crippen molar-refractivity contribution in [3.63, 3.8) is 0 Å². The van der Waals surface area contributed by atoms with E-state index in [0.29, 0.717) is 5.56 Å². The van der Waals surface area contributed by atoms with E-state index < -0.39 is 21.9 Å². The second-order valence-electron chi connectivity index (χ2n) is 6.79. The molecule has 1 N–H and O–H groups in total. The normalized spacial score (nSPS) is 17.6. The second-order valence-corrected chi connectivity index (χ2v) is 9.48. The fraction of sp³-hybridized carbons (Fsp3) is 0.316. The molecule has 144 valence electrons. The smallest absolute Gasteiger partial charge is 0.229 e. The zero-order valence-corrected chi connectivity index (χ0v) is 17.3. The Labute approximate surface area is 166 Å². The van der Waals surface area contributed by atoms with Gasteiger partial charge in [-0.3, -0.25) is 4.79 Å². The molecule has 0 spiro atoms. The van der Waals surface area contributed by atoms with Gasteiger partial charge in [0.15, 0.2) is 0 Å². The Morgan fingerprint density at radius 3 is 2.59 bits per heavy atom. The first-order chi connectivity index (χ1) is 12.6. The molecule has 5 nitrogen and oxygen atoms in total. The van der Waals surface area contributed by atoms with Crippen LogP contribution >= 0.6 is 15.9 Å². The van der Waals surface area contributed by atoms with Crippen LogP contribution in [0.15, 0.2) is 46.9 Å². The lowest BCUT2D eigenvalue weighted by atomic mass is 10.0. The van der Waals surface area contributed by atoms with E-state index in [2.05, 4.69) is 20.7 Å². The van der Waals surface area contributed by atoms with Gasteiger partial charge in [0, 0.05) is 22.6 Å². The minimum atomic E-state index is -3.55. The average Bonchev–Trinajstić information content (AvgIpc) is 2.88. The first-order valence-corrected chi connectivity index (χ1v) is 11.2. The summed E-state index contributed by atoms with van der Waals surface area (Å²) in [5, 5.41) is 0. The molecule has 1 amide bonds. The van der Waals surface area contributed by atoms with Crippen molar-refractivity contribution < 1.29 is 17.6 Å². The van der Waals surface area contributed by atoms with Gasteiger partial charge in [0.1, 0.15) is 5.82 Å². The SMILES string of the molecule is C[C@H]1Cc2cc(Br)ccc2N1C(=O)C[C@H](NS(C)(=O)=O)c1ccc(F)cc1. The van der Waals surface area contributed by atoms with Crippen LogP contribution in [0.25, 0.3) is 0 Å². The van der Waals surface area contributed by atoms with Crippen LogP contribution in [0.4, 0.5) is 10.1 Å². The molecule has 0 aromatic heterocycles. The van der Waals surface area contributed by atoms with Gasteiger partial charge in [-0.05, 0) is 54.8 Å². The van der Waals surface area contributed by atoms with Crippen LogP contribution in [0.3, 0.4) is 0 Å². The summed E-state index contributed by atoms with van der Waals surface area (Å²) in [6.45, 7) is 1.96. The van der Waals surface area contributed by atoms with E-state index in [1.807, 2.05) is 25.1 Å². The molecule has 1 aliphatic heterocycles. The van der Waals surface area contributed by atoms with E-state index in [1.54, 1.807) is 4.90 Å². The van der Waals surface area contributed by atoms with E-state index in [4.69, 9.17) is 0 Å². The largest absolute Gasteiger partial charge is 0.309 e. The number of halogens is 2. The highest BCUT2D eigenvalue weighted by molar-refractivity contribution is 9.10. The summed E-state index contributed by atoms with van der Waals surface area (Å²) >= 11 is 3.44. The van der Waals surface area contributed by atoms with Crippen LogP contribution in [0.1, 0.15) is 30.5 Å². The van der Waals surface area contributed by atoms with Crippen LogP contribution in [0, 0.1) is 5.82 Å². The summed E-state index contributed by atoms with van der Waals surface area (Å²) in [5.41, 5.74) is 2.45. The van der Waals surface area contributed by atoms with Gasteiger partial charge < -0.3 is 4.90 Å². The number of rotatable bonds is 5. The highest BCUT2D eigenvalue weighted by Crippen LogP contribution is 2.35. The molecular weight excluding hydrogens is 435 g/mol. The molecule has 27 heavy (non-hydrogen) atoms. The summed E-state index contributed by atoms with van der Waals surface area (Å²) in [6, 6.07) is 10.5. The first kappa shape index (κ1) is 20.0. The molecule has 0 saturated heterocycles. The molecule has 2 atom stereocenters. The Bertz CT molecular complexity index is 963. The van der Waals surface area contributed by atoms with Crippen LogP contribution in [-0.4, -0.2) is 26.6 Å². The first-order valence-electron chi connectivity index (χ1n) is 8.47. The third kappa shape index (κ3) is 4.75. The van der Waals surface area contributed by atoms with E-state index in [1.165, 1.54) is 24.3 Å². The third-order valence-electron chi connectivity index (χ3n) is 4.53. The fourth-order valence-electron chi connectivity index (χ4n) is 3.43. The molecule has 1 aliphatic rings. The fourth-order valence-corrected chi connectivity index (χ4v) is 4.58. The number of hydrogen-bond acceptors (Lipinski definition) is 3. The minimum absolute atomic E-state index is 0.0195. The number of carbonyl (C=O) groups excluding carboxylic acids is 1. The number of carbonyl (C=O) groups is 1. The topological polar surface area (TPSA) is 66.5 Å². The highest BCUT2D eigenvalue weighted by atomic mass is 79.9. The quantitative estimate of drug-likeness (QED) is 0.750. The molecule has 2 aromatic carbocycles. The molecule has 0 fully saturated rings. The molecule has 0 aliphatic carbocycles. The van der Waals surface area contributed by atoms with Crippen LogP contribution < -0.4 is 9.62 Å². The van der Waals surface area contributed by atoms with Crippen LogP contribution in [-0.2, 0) is 21.2 Å². The van der Waals surface area contributed by atoms with Crippen molar-refractivity contribution in [1.29, 1.82) is 0 Å². The maximum Gasteiger partial charge on any atom is 0.229 e. The summed E-state index contributed by atoms with van der Waals surface area (Å²) in [6.07, 6.45) is 1.72. The third-order valence-corrected chi connectivity index (χ3v) is 5.74. The monoisotopic (exact) mass is 454 g/mol. The Kier molecular flexibility index (Phi) is 5.69. The standard InChI is InChI=1S/C19H20BrFN2O3S/c1-12-9-14-10-15(20)5-8-18(14)23(12)19(24)11-17(22-27(2,25)26)13-3-6-16(21)7-4-13/h3-8,10,12,17,22H,9,11H2,1-2H3/t12-,17-/m0/s1. The highest BCUT2D eigenvalue weighted by Gasteiger charge is 2.32. The van der Waals surface area contributed by atoms with Crippen molar-refractivity contribution in [2.24, 2.45) is 0 Å². The molecule has 3 rings (SSSR count). The zero-order valence-electron chi connectivity index (χ0n) is 14.9. The lowest BCUT2D eigenvalue weighted by Crippen LogP contribution is -2.39. The van der Waals surface area contributed by atoms with Crippen molar-refractivity contribution in [3.8, 4) is 0 Å². The number of sulfonamides is 1. The lowest BCUT2D eigenvalue weighted by molar-refractivity contribution is -0.119. The van der Waals surface area contributed by atoms with Gasteiger partial charge in [0.05, 0.1) is 12.3 Å². The molecular formula is C19H20BrFN2O3S. The van der Waals surface area contributed by atoms with E-state index in [0.717, 1.165) is 28.4 Å². The van der Waals surface area contributed by atoms with Gasteiger partial charge in [-0.25, -0.2) is 17.5 Å². The molecule has 1 heterocycles. The number of nitrogens with one attached hydrogen (secondary N) is 1. The van der Waals surface area contributed by atoms with Crippen LogP contribution in [0.2, 0.25) is 0 Å².